The topological polar surface area (TPSA) is 84.6 Å². The second kappa shape index (κ2) is 12.6. The minimum absolute atomic E-state index is 0.222. The molecule has 8 heteroatoms. The normalized spacial score (nSPS) is 24.7. The first-order valence-electron chi connectivity index (χ1n) is 13.3. The maximum Gasteiger partial charge on any atom is 0.322 e. The molecule has 2 fully saturated rings. The van der Waals surface area contributed by atoms with Gasteiger partial charge in [-0.3, -0.25) is 15.5 Å². The fourth-order valence-corrected chi connectivity index (χ4v) is 5.43. The number of hydrogen-bond donors (Lipinski definition) is 4. The molecule has 4 rings (SSSR count). The smallest absolute Gasteiger partial charge is 0.309 e. The summed E-state index contributed by atoms with van der Waals surface area (Å²) in [6, 6.07) is 12.3. The number of nitrogens with zero attached hydrogens (tertiary/aromatic N) is 3. The van der Waals surface area contributed by atoms with Crippen molar-refractivity contribution in [2.45, 2.75) is 82.8 Å². The highest BCUT2D eigenvalue weighted by Gasteiger charge is 2.38. The summed E-state index contributed by atoms with van der Waals surface area (Å²) in [4.78, 5) is 22.4. The molecule has 2 amide bonds. The number of pyridine rings is 1. The highest BCUT2D eigenvalue weighted by atomic mass is 16.2. The molecular formula is C27H43N7O. The molecule has 2 aromatic rings. The summed E-state index contributed by atoms with van der Waals surface area (Å²) in [5.74, 6) is 0.559. The number of carbonyl (C=O) groups is 1. The number of amides is 2. The molecule has 1 aromatic carbocycles. The number of anilines is 1. The Labute approximate surface area is 210 Å². The van der Waals surface area contributed by atoms with Crippen molar-refractivity contribution in [2.75, 3.05) is 32.5 Å². The van der Waals surface area contributed by atoms with E-state index in [4.69, 9.17) is 0 Å². The number of rotatable bonds is 7. The van der Waals surface area contributed by atoms with Gasteiger partial charge < -0.3 is 15.5 Å². The summed E-state index contributed by atoms with van der Waals surface area (Å²) in [6.07, 6.45) is 9.80. The van der Waals surface area contributed by atoms with Crippen molar-refractivity contribution in [3.8, 4) is 0 Å². The molecular weight excluding hydrogens is 438 g/mol. The first kappa shape index (κ1) is 25.8. The fraction of sp³-hybridized carbons (Fsp3) is 0.630. The van der Waals surface area contributed by atoms with Crippen LogP contribution in [0.4, 0.5) is 10.6 Å². The monoisotopic (exact) mass is 481 g/mol. The van der Waals surface area contributed by atoms with Crippen LogP contribution in [0, 0.1) is 0 Å². The van der Waals surface area contributed by atoms with E-state index in [1.165, 1.54) is 44.9 Å². The predicted octanol–water partition coefficient (Wildman–Crippen LogP) is 3.91. The van der Waals surface area contributed by atoms with Crippen LogP contribution in [0.25, 0.3) is 10.9 Å². The molecule has 192 valence electrons. The van der Waals surface area contributed by atoms with Crippen molar-refractivity contribution in [3.63, 3.8) is 0 Å². The molecule has 2 heterocycles. The Morgan fingerprint density at radius 1 is 1.09 bits per heavy atom. The summed E-state index contributed by atoms with van der Waals surface area (Å²) < 4.78 is 0. The lowest BCUT2D eigenvalue weighted by Crippen LogP contribution is -2.71. The zero-order chi connectivity index (χ0) is 24.6. The molecule has 0 bridgehead atoms. The van der Waals surface area contributed by atoms with Gasteiger partial charge in [0.15, 0.2) is 0 Å². The average Bonchev–Trinajstić information content (AvgIpc) is 2.79. The quantitative estimate of drug-likeness (QED) is 0.480. The van der Waals surface area contributed by atoms with E-state index in [2.05, 4.69) is 57.1 Å². The molecule has 4 N–H and O–H groups in total. The van der Waals surface area contributed by atoms with Crippen LogP contribution in [0.3, 0.4) is 0 Å². The van der Waals surface area contributed by atoms with Crippen LogP contribution in [0.15, 0.2) is 36.4 Å². The molecule has 1 aliphatic heterocycles. The van der Waals surface area contributed by atoms with Crippen molar-refractivity contribution >= 4 is 22.8 Å². The molecule has 1 aliphatic carbocycles. The summed E-state index contributed by atoms with van der Waals surface area (Å²) >= 11 is 0. The lowest BCUT2D eigenvalue weighted by Gasteiger charge is -2.49. The Bertz CT molecular complexity index is 944. The number of urea groups is 1. The number of carbonyl (C=O) groups excluding carboxylic acids is 1. The molecule has 3 unspecified atom stereocenters. The van der Waals surface area contributed by atoms with Crippen molar-refractivity contribution < 1.29 is 4.79 Å². The first-order chi connectivity index (χ1) is 17.0. The number of aromatic nitrogens is 1. The fourth-order valence-electron chi connectivity index (χ4n) is 5.43. The Morgan fingerprint density at radius 3 is 2.60 bits per heavy atom. The van der Waals surface area contributed by atoms with Gasteiger partial charge >= 0.3 is 6.03 Å². The molecule has 3 atom stereocenters. The van der Waals surface area contributed by atoms with Gasteiger partial charge in [0, 0.05) is 30.6 Å². The van der Waals surface area contributed by atoms with Crippen LogP contribution in [0.1, 0.15) is 58.3 Å². The van der Waals surface area contributed by atoms with Gasteiger partial charge in [0.05, 0.1) is 11.7 Å². The summed E-state index contributed by atoms with van der Waals surface area (Å²) in [7, 11) is 4.21. The number of para-hydroxylation sites is 1. The van der Waals surface area contributed by atoms with Crippen LogP contribution in [-0.2, 0) is 0 Å². The van der Waals surface area contributed by atoms with Crippen molar-refractivity contribution in [1.29, 1.82) is 0 Å². The molecule has 1 saturated heterocycles. The van der Waals surface area contributed by atoms with Crippen LogP contribution >= 0.6 is 0 Å². The largest absolute Gasteiger partial charge is 0.322 e. The average molecular weight is 482 g/mol. The molecule has 2 aliphatic rings. The Balaban J connectivity index is 1.48. The van der Waals surface area contributed by atoms with E-state index in [0.717, 1.165) is 30.4 Å². The van der Waals surface area contributed by atoms with Crippen LogP contribution in [0.2, 0.25) is 0 Å². The minimum Gasteiger partial charge on any atom is -0.309 e. The molecule has 1 saturated carbocycles. The number of likely N-dealkylation sites (N-methyl/N-ethyl adjacent to an activating group) is 1. The molecule has 0 radical (unpaired) electrons. The maximum atomic E-state index is 13.1. The summed E-state index contributed by atoms with van der Waals surface area (Å²) in [5.41, 5.74) is 0.871. The minimum atomic E-state index is -0.236. The van der Waals surface area contributed by atoms with Crippen LogP contribution < -0.4 is 21.3 Å². The lowest BCUT2D eigenvalue weighted by molar-refractivity contribution is -0.0229. The van der Waals surface area contributed by atoms with Gasteiger partial charge in [0.1, 0.15) is 12.1 Å². The van der Waals surface area contributed by atoms with Gasteiger partial charge in [-0.2, -0.15) is 0 Å². The number of benzene rings is 1. The van der Waals surface area contributed by atoms with E-state index < -0.39 is 0 Å². The van der Waals surface area contributed by atoms with Gasteiger partial charge in [-0.25, -0.2) is 9.78 Å². The van der Waals surface area contributed by atoms with Crippen LogP contribution in [0.5, 0.6) is 0 Å². The van der Waals surface area contributed by atoms with Crippen molar-refractivity contribution in [3.05, 3.63) is 36.4 Å². The summed E-state index contributed by atoms with van der Waals surface area (Å²) in [6.45, 7) is 4.12. The SMILES string of the molecule is CC1CC(NCCN(C)C)N(C2CCCCCCC2)C(NC(=O)Nc2ccc3ccccc3n2)N1. The van der Waals surface area contributed by atoms with E-state index in [1.807, 2.05) is 36.4 Å². The van der Waals surface area contributed by atoms with Gasteiger partial charge in [-0.15, -0.1) is 0 Å². The van der Waals surface area contributed by atoms with E-state index in [1.54, 1.807) is 0 Å². The second-order valence-corrected chi connectivity index (χ2v) is 10.4. The van der Waals surface area contributed by atoms with E-state index in [0.29, 0.717) is 17.9 Å². The van der Waals surface area contributed by atoms with E-state index in [-0.39, 0.29) is 18.5 Å². The Kier molecular flexibility index (Phi) is 9.31. The maximum absolute atomic E-state index is 13.1. The molecule has 8 nitrogen and oxygen atoms in total. The Hall–Kier alpha value is -2.26. The first-order valence-corrected chi connectivity index (χ1v) is 13.3. The summed E-state index contributed by atoms with van der Waals surface area (Å²) in [5, 5.41) is 14.7. The standard InChI is InChI=1S/C27H43N7O/c1-20-19-25(28-17-18-33(2)3)34(22-12-7-5-4-6-8-13-22)26(29-20)32-27(35)31-24-16-15-21-11-9-10-14-23(21)30-24/h9-11,14-16,20,22,25-26,28-29H,4-8,12-13,17-19H2,1-3H3,(H2,30,31,32,35). The number of hydrogen-bond acceptors (Lipinski definition) is 6. The zero-order valence-electron chi connectivity index (χ0n) is 21.6. The number of fused-ring (bicyclic) bond motifs is 1. The molecule has 35 heavy (non-hydrogen) atoms. The highest BCUT2D eigenvalue weighted by Crippen LogP contribution is 2.27. The van der Waals surface area contributed by atoms with Crippen molar-refractivity contribution in [1.82, 2.24) is 30.7 Å². The third kappa shape index (κ3) is 7.36. The van der Waals surface area contributed by atoms with Gasteiger partial charge in [0.25, 0.3) is 0 Å². The lowest BCUT2D eigenvalue weighted by atomic mass is 9.94. The van der Waals surface area contributed by atoms with E-state index in [9.17, 15) is 4.79 Å². The third-order valence-electron chi connectivity index (χ3n) is 7.22. The molecule has 1 aromatic heterocycles. The van der Waals surface area contributed by atoms with Gasteiger partial charge in [0.2, 0.25) is 0 Å². The third-order valence-corrected chi connectivity index (χ3v) is 7.22. The predicted molar refractivity (Wildman–Crippen MR) is 143 cm³/mol. The van der Waals surface area contributed by atoms with Crippen molar-refractivity contribution in [2.24, 2.45) is 0 Å². The van der Waals surface area contributed by atoms with E-state index >= 15 is 0 Å². The second-order valence-electron chi connectivity index (χ2n) is 10.4. The molecule has 0 spiro atoms. The zero-order valence-corrected chi connectivity index (χ0v) is 21.6. The number of nitrogens with one attached hydrogen (secondary N) is 4. The van der Waals surface area contributed by atoms with Gasteiger partial charge in [-0.1, -0.05) is 50.3 Å². The van der Waals surface area contributed by atoms with Crippen LogP contribution in [-0.4, -0.2) is 72.5 Å². The Morgan fingerprint density at radius 2 is 1.83 bits per heavy atom. The van der Waals surface area contributed by atoms with Gasteiger partial charge in [-0.05, 0) is 58.5 Å². The highest BCUT2D eigenvalue weighted by molar-refractivity contribution is 5.90.